The summed E-state index contributed by atoms with van der Waals surface area (Å²) in [7, 11) is 0. The number of aryl methyl sites for hydroxylation is 2. The normalized spacial score (nSPS) is 10.6. The molecule has 0 bridgehead atoms. The Kier molecular flexibility index (Phi) is 2.19. The standard InChI is InChI=1S/C11H12FN3/c1-7-5-9(12)3-4-10(7)11-14-8(2)6-15(11)13/h3-6H,13H2,1-2H3. The molecule has 2 rings (SSSR count). The first-order valence-corrected chi connectivity index (χ1v) is 4.65. The fourth-order valence-electron chi connectivity index (χ4n) is 1.59. The first-order chi connectivity index (χ1) is 7.08. The molecule has 4 heteroatoms. The summed E-state index contributed by atoms with van der Waals surface area (Å²) in [5.74, 6) is 6.15. The Morgan fingerprint density at radius 2 is 2.07 bits per heavy atom. The molecule has 0 atom stereocenters. The molecule has 0 aliphatic heterocycles. The highest BCUT2D eigenvalue weighted by Gasteiger charge is 2.09. The van der Waals surface area contributed by atoms with E-state index in [0.29, 0.717) is 5.82 Å². The van der Waals surface area contributed by atoms with Gasteiger partial charge in [-0.1, -0.05) is 0 Å². The van der Waals surface area contributed by atoms with Gasteiger partial charge in [0.1, 0.15) is 5.82 Å². The minimum absolute atomic E-state index is 0.247. The van der Waals surface area contributed by atoms with E-state index < -0.39 is 0 Å². The molecule has 1 aromatic carbocycles. The van der Waals surface area contributed by atoms with Crippen LogP contribution in [-0.2, 0) is 0 Å². The Morgan fingerprint density at radius 3 is 2.60 bits per heavy atom. The van der Waals surface area contributed by atoms with Gasteiger partial charge in [0.2, 0.25) is 0 Å². The predicted molar refractivity (Wildman–Crippen MR) is 57.2 cm³/mol. The summed E-state index contributed by atoms with van der Waals surface area (Å²) in [5, 5.41) is 0. The minimum Gasteiger partial charge on any atom is -0.338 e. The highest BCUT2D eigenvalue weighted by atomic mass is 19.1. The van der Waals surface area contributed by atoms with Gasteiger partial charge in [-0.3, -0.25) is 4.68 Å². The fraction of sp³-hybridized carbons (Fsp3) is 0.182. The summed E-state index contributed by atoms with van der Waals surface area (Å²) >= 11 is 0. The van der Waals surface area contributed by atoms with Crippen LogP contribution < -0.4 is 5.84 Å². The minimum atomic E-state index is -0.247. The van der Waals surface area contributed by atoms with Gasteiger partial charge in [0.15, 0.2) is 5.82 Å². The van der Waals surface area contributed by atoms with Crippen molar-refractivity contribution in [1.82, 2.24) is 9.66 Å². The SMILES string of the molecule is Cc1cn(N)c(-c2ccc(F)cc2C)n1. The van der Waals surface area contributed by atoms with E-state index in [0.717, 1.165) is 16.8 Å². The van der Waals surface area contributed by atoms with E-state index in [1.807, 2.05) is 13.8 Å². The number of imidazole rings is 1. The van der Waals surface area contributed by atoms with Crippen LogP contribution in [-0.4, -0.2) is 9.66 Å². The van der Waals surface area contributed by atoms with Gasteiger partial charge in [0, 0.05) is 11.8 Å². The third-order valence-electron chi connectivity index (χ3n) is 2.28. The van der Waals surface area contributed by atoms with Crippen LogP contribution in [0.5, 0.6) is 0 Å². The first kappa shape index (κ1) is 9.71. The number of hydrogen-bond donors (Lipinski definition) is 1. The Morgan fingerprint density at radius 1 is 1.33 bits per heavy atom. The van der Waals surface area contributed by atoms with Gasteiger partial charge < -0.3 is 5.84 Å². The van der Waals surface area contributed by atoms with Crippen molar-refractivity contribution in [3.63, 3.8) is 0 Å². The monoisotopic (exact) mass is 205 g/mol. The van der Waals surface area contributed by atoms with Crippen molar-refractivity contribution >= 4 is 0 Å². The van der Waals surface area contributed by atoms with Gasteiger partial charge in [-0.25, -0.2) is 9.37 Å². The summed E-state index contributed by atoms with van der Waals surface area (Å²) in [4.78, 5) is 4.29. The molecule has 0 amide bonds. The van der Waals surface area contributed by atoms with Crippen LogP contribution in [0.3, 0.4) is 0 Å². The number of nitrogens with two attached hydrogens (primary N) is 1. The van der Waals surface area contributed by atoms with Gasteiger partial charge in [0.25, 0.3) is 0 Å². The number of benzene rings is 1. The van der Waals surface area contributed by atoms with Crippen LogP contribution in [0.25, 0.3) is 11.4 Å². The zero-order valence-electron chi connectivity index (χ0n) is 8.66. The highest BCUT2D eigenvalue weighted by Crippen LogP contribution is 2.21. The second-order valence-electron chi connectivity index (χ2n) is 3.57. The largest absolute Gasteiger partial charge is 0.338 e. The Bertz CT molecular complexity index is 503. The fourth-order valence-corrected chi connectivity index (χ4v) is 1.59. The average molecular weight is 205 g/mol. The zero-order valence-corrected chi connectivity index (χ0v) is 8.66. The summed E-state index contributed by atoms with van der Waals surface area (Å²) in [5.41, 5.74) is 2.52. The van der Waals surface area contributed by atoms with Crippen LogP contribution >= 0.6 is 0 Å². The second-order valence-corrected chi connectivity index (χ2v) is 3.57. The van der Waals surface area contributed by atoms with Crippen LogP contribution in [0.2, 0.25) is 0 Å². The molecule has 0 fully saturated rings. The van der Waals surface area contributed by atoms with Crippen molar-refractivity contribution in [3.05, 3.63) is 41.5 Å². The second kappa shape index (κ2) is 3.38. The predicted octanol–water partition coefficient (Wildman–Crippen LogP) is 2.02. The molecular formula is C11H12FN3. The van der Waals surface area contributed by atoms with Crippen molar-refractivity contribution in [1.29, 1.82) is 0 Å². The summed E-state index contributed by atoms with van der Waals surface area (Å²) in [6, 6.07) is 4.57. The molecule has 1 heterocycles. The maximum atomic E-state index is 12.9. The van der Waals surface area contributed by atoms with E-state index in [1.54, 1.807) is 12.3 Å². The van der Waals surface area contributed by atoms with E-state index in [2.05, 4.69) is 4.98 Å². The van der Waals surface area contributed by atoms with Crippen molar-refractivity contribution in [2.75, 3.05) is 5.84 Å². The number of nitrogens with zero attached hydrogens (tertiary/aromatic N) is 2. The smallest absolute Gasteiger partial charge is 0.158 e. The van der Waals surface area contributed by atoms with Crippen LogP contribution in [0.1, 0.15) is 11.3 Å². The molecule has 15 heavy (non-hydrogen) atoms. The molecule has 0 unspecified atom stereocenters. The Balaban J connectivity index is 2.59. The van der Waals surface area contributed by atoms with Crippen LogP contribution in [0.4, 0.5) is 4.39 Å². The lowest BCUT2D eigenvalue weighted by atomic mass is 10.1. The molecule has 0 radical (unpaired) electrons. The molecule has 2 aromatic rings. The lowest BCUT2D eigenvalue weighted by molar-refractivity contribution is 0.627. The highest BCUT2D eigenvalue weighted by molar-refractivity contribution is 5.60. The van der Waals surface area contributed by atoms with E-state index in [-0.39, 0.29) is 5.82 Å². The summed E-state index contributed by atoms with van der Waals surface area (Å²) in [6.07, 6.45) is 1.73. The van der Waals surface area contributed by atoms with Gasteiger partial charge >= 0.3 is 0 Å². The number of hydrogen-bond acceptors (Lipinski definition) is 2. The van der Waals surface area contributed by atoms with Crippen molar-refractivity contribution in [2.24, 2.45) is 0 Å². The lowest BCUT2D eigenvalue weighted by Crippen LogP contribution is -2.08. The molecule has 0 saturated heterocycles. The van der Waals surface area contributed by atoms with Crippen LogP contribution in [0.15, 0.2) is 24.4 Å². The number of halogens is 1. The third-order valence-corrected chi connectivity index (χ3v) is 2.28. The first-order valence-electron chi connectivity index (χ1n) is 4.65. The molecule has 78 valence electrons. The molecule has 0 spiro atoms. The summed E-state index contributed by atoms with van der Waals surface area (Å²) in [6.45, 7) is 3.70. The summed E-state index contributed by atoms with van der Waals surface area (Å²) < 4.78 is 14.4. The van der Waals surface area contributed by atoms with E-state index >= 15 is 0 Å². The van der Waals surface area contributed by atoms with Gasteiger partial charge in [-0.05, 0) is 37.6 Å². The number of aromatic nitrogens is 2. The number of rotatable bonds is 1. The maximum absolute atomic E-state index is 12.9. The molecule has 0 aliphatic carbocycles. The van der Waals surface area contributed by atoms with E-state index in [1.165, 1.54) is 16.8 Å². The molecular weight excluding hydrogens is 193 g/mol. The quantitative estimate of drug-likeness (QED) is 0.724. The van der Waals surface area contributed by atoms with Gasteiger partial charge in [0.05, 0.1) is 5.69 Å². The maximum Gasteiger partial charge on any atom is 0.158 e. The molecule has 3 nitrogen and oxygen atoms in total. The van der Waals surface area contributed by atoms with Crippen molar-refractivity contribution < 1.29 is 4.39 Å². The molecule has 2 N–H and O–H groups in total. The topological polar surface area (TPSA) is 43.8 Å². The van der Waals surface area contributed by atoms with E-state index in [4.69, 9.17) is 5.84 Å². The molecule has 1 aromatic heterocycles. The number of nitrogen functional groups attached to an aromatic ring is 1. The molecule has 0 saturated carbocycles. The molecule has 0 aliphatic rings. The van der Waals surface area contributed by atoms with Gasteiger partial charge in [-0.2, -0.15) is 0 Å². The van der Waals surface area contributed by atoms with Crippen LogP contribution in [0, 0.1) is 19.7 Å². The third kappa shape index (κ3) is 1.70. The Hall–Kier alpha value is -1.84. The van der Waals surface area contributed by atoms with Gasteiger partial charge in [-0.15, -0.1) is 0 Å². The van der Waals surface area contributed by atoms with E-state index in [9.17, 15) is 4.39 Å². The Labute approximate surface area is 87.3 Å². The van der Waals surface area contributed by atoms with Crippen molar-refractivity contribution in [3.8, 4) is 11.4 Å². The zero-order chi connectivity index (χ0) is 11.0. The lowest BCUT2D eigenvalue weighted by Gasteiger charge is -2.05. The van der Waals surface area contributed by atoms with Crippen molar-refractivity contribution in [2.45, 2.75) is 13.8 Å². The average Bonchev–Trinajstić information content (AvgIpc) is 2.45.